The lowest BCUT2D eigenvalue weighted by Crippen LogP contribution is -2.13. The number of fused-ring (bicyclic) bond motifs is 1. The summed E-state index contributed by atoms with van der Waals surface area (Å²) in [5.41, 5.74) is 2.59. The molecule has 192 valence electrons. The molecule has 3 heterocycles. The zero-order valence-electron chi connectivity index (χ0n) is 20.5. The van der Waals surface area contributed by atoms with E-state index in [2.05, 4.69) is 36.0 Å². The average molecular weight is 516 g/mol. The average Bonchev–Trinajstić information content (AvgIpc) is 3.53. The summed E-state index contributed by atoms with van der Waals surface area (Å²) in [6, 6.07) is 13.7. The molecule has 0 radical (unpaired) electrons. The molecule has 0 aliphatic carbocycles. The summed E-state index contributed by atoms with van der Waals surface area (Å²) in [5.74, 6) is 0.717. The highest BCUT2D eigenvalue weighted by atomic mass is 19.1. The molecule has 5 aromatic rings. The molecule has 0 bridgehead atoms. The van der Waals surface area contributed by atoms with Crippen molar-refractivity contribution in [3.05, 3.63) is 70.9 Å². The number of hydrogen-bond donors (Lipinski definition) is 2. The first-order valence-electron chi connectivity index (χ1n) is 11.7. The van der Waals surface area contributed by atoms with E-state index in [9.17, 15) is 14.4 Å². The molecular weight excluding hydrogens is 493 g/mol. The molecule has 0 atom stereocenters. The van der Waals surface area contributed by atoms with Crippen LogP contribution in [0, 0.1) is 17.1 Å². The highest BCUT2D eigenvalue weighted by molar-refractivity contribution is 5.88. The summed E-state index contributed by atoms with van der Waals surface area (Å²) in [4.78, 5) is 22.5. The molecule has 12 heteroatoms. The van der Waals surface area contributed by atoms with Crippen LogP contribution in [0.4, 0.5) is 10.2 Å². The van der Waals surface area contributed by atoms with Gasteiger partial charge >= 0.3 is 5.76 Å². The van der Waals surface area contributed by atoms with E-state index in [0.29, 0.717) is 64.9 Å². The van der Waals surface area contributed by atoms with Gasteiger partial charge in [-0.1, -0.05) is 11.2 Å². The van der Waals surface area contributed by atoms with Gasteiger partial charge in [-0.3, -0.25) is 9.51 Å². The number of H-pyrrole nitrogens is 1. The maximum atomic E-state index is 14.7. The van der Waals surface area contributed by atoms with Crippen molar-refractivity contribution in [1.82, 2.24) is 24.7 Å². The number of hydrogen-bond acceptors (Lipinski definition) is 9. The third-order valence-corrected chi connectivity index (χ3v) is 5.89. The summed E-state index contributed by atoms with van der Waals surface area (Å²) < 4.78 is 32.0. The monoisotopic (exact) mass is 515 g/mol. The fraction of sp³-hybridized carbons (Fsp3) is 0.192. The second kappa shape index (κ2) is 10.4. The van der Waals surface area contributed by atoms with E-state index >= 15 is 0 Å². The molecule has 0 spiro atoms. The molecule has 0 saturated heterocycles. The standard InChI is InChI=1S/C26H22FN7O4/c1-3-37-22-10-15(4-5-17(22)25-32-26(35)38-33-25)20-12-23(31-14-30-20)29-8-9-34-16(13-28)11-18-21(36-2)7-6-19(27)24(18)34/h4-7,10-12,14H,3,8-9H2,1-2H3,(H,29,30,31)(H,32,33,35). The molecule has 38 heavy (non-hydrogen) atoms. The number of aromatic amines is 1. The van der Waals surface area contributed by atoms with Crippen molar-refractivity contribution in [3.8, 4) is 40.2 Å². The summed E-state index contributed by atoms with van der Waals surface area (Å²) in [7, 11) is 1.50. The number of halogens is 1. The lowest BCUT2D eigenvalue weighted by Gasteiger charge is -2.12. The third kappa shape index (κ3) is 4.64. The van der Waals surface area contributed by atoms with Crippen LogP contribution in [0.15, 0.2) is 58.1 Å². The summed E-state index contributed by atoms with van der Waals surface area (Å²) in [6.45, 7) is 2.94. The van der Waals surface area contributed by atoms with Gasteiger partial charge in [-0.05, 0) is 37.3 Å². The van der Waals surface area contributed by atoms with E-state index in [0.717, 1.165) is 5.56 Å². The highest BCUT2D eigenvalue weighted by Crippen LogP contribution is 2.33. The van der Waals surface area contributed by atoms with Crippen LogP contribution in [0.3, 0.4) is 0 Å². The minimum atomic E-state index is -0.658. The predicted molar refractivity (Wildman–Crippen MR) is 136 cm³/mol. The molecule has 0 amide bonds. The van der Waals surface area contributed by atoms with Crippen molar-refractivity contribution in [2.24, 2.45) is 0 Å². The molecule has 11 nitrogen and oxygen atoms in total. The Labute approximate surface area is 215 Å². The molecule has 0 unspecified atom stereocenters. The van der Waals surface area contributed by atoms with Gasteiger partial charge in [-0.15, -0.1) is 0 Å². The summed E-state index contributed by atoms with van der Waals surface area (Å²) in [6.07, 6.45) is 1.43. The Balaban J connectivity index is 1.37. The Morgan fingerprint density at radius 2 is 2.05 bits per heavy atom. The van der Waals surface area contributed by atoms with Crippen LogP contribution in [0.2, 0.25) is 0 Å². The van der Waals surface area contributed by atoms with Gasteiger partial charge in [0.2, 0.25) is 0 Å². The first-order chi connectivity index (χ1) is 18.5. The van der Waals surface area contributed by atoms with Crippen LogP contribution < -0.4 is 20.5 Å². The number of benzene rings is 2. The summed E-state index contributed by atoms with van der Waals surface area (Å²) >= 11 is 0. The smallest absolute Gasteiger partial charge is 0.439 e. The first kappa shape index (κ1) is 24.5. The lowest BCUT2D eigenvalue weighted by molar-refractivity contribution is 0.341. The van der Waals surface area contributed by atoms with Crippen LogP contribution in [-0.2, 0) is 6.54 Å². The second-order valence-electron chi connectivity index (χ2n) is 8.11. The predicted octanol–water partition coefficient (Wildman–Crippen LogP) is 3.97. The summed E-state index contributed by atoms with van der Waals surface area (Å²) in [5, 5.41) is 17.1. The van der Waals surface area contributed by atoms with E-state index in [1.165, 1.54) is 19.5 Å². The van der Waals surface area contributed by atoms with Crippen LogP contribution in [-0.4, -0.2) is 44.9 Å². The zero-order valence-corrected chi connectivity index (χ0v) is 20.5. The van der Waals surface area contributed by atoms with Gasteiger partial charge in [-0.25, -0.2) is 19.2 Å². The molecule has 0 fully saturated rings. The number of nitriles is 1. The van der Waals surface area contributed by atoms with Crippen molar-refractivity contribution >= 4 is 16.7 Å². The number of nitrogens with zero attached hydrogens (tertiary/aromatic N) is 5. The molecule has 0 saturated carbocycles. The second-order valence-corrected chi connectivity index (χ2v) is 8.11. The Hall–Kier alpha value is -5.18. The van der Waals surface area contributed by atoms with Crippen LogP contribution in [0.25, 0.3) is 33.5 Å². The van der Waals surface area contributed by atoms with Crippen molar-refractivity contribution < 1.29 is 18.4 Å². The van der Waals surface area contributed by atoms with Crippen LogP contribution in [0.1, 0.15) is 12.6 Å². The van der Waals surface area contributed by atoms with Gasteiger partial charge in [0.05, 0.1) is 30.5 Å². The molecule has 2 N–H and O–H groups in total. The normalized spacial score (nSPS) is 10.9. The number of methoxy groups -OCH3 is 1. The van der Waals surface area contributed by atoms with Gasteiger partial charge < -0.3 is 19.4 Å². The minimum absolute atomic E-state index is 0.262. The highest BCUT2D eigenvalue weighted by Gasteiger charge is 2.17. The number of aromatic nitrogens is 5. The first-order valence-corrected chi connectivity index (χ1v) is 11.7. The Bertz CT molecular complexity index is 1720. The van der Waals surface area contributed by atoms with Crippen molar-refractivity contribution in [3.63, 3.8) is 0 Å². The van der Waals surface area contributed by atoms with E-state index in [-0.39, 0.29) is 5.82 Å². The number of rotatable bonds is 9. The van der Waals surface area contributed by atoms with Crippen molar-refractivity contribution in [2.75, 3.05) is 25.6 Å². The van der Waals surface area contributed by atoms with Gasteiger partial charge in [0.25, 0.3) is 0 Å². The van der Waals surface area contributed by atoms with Gasteiger partial charge in [0.1, 0.15) is 41.2 Å². The Morgan fingerprint density at radius 1 is 1.18 bits per heavy atom. The SMILES string of the molecule is CCOc1cc(-c2cc(NCCn3c(C#N)cc4c(OC)ccc(F)c43)ncn2)ccc1-c1noc(=O)[nH]1. The number of nitrogens with one attached hydrogen (secondary N) is 2. The zero-order chi connectivity index (χ0) is 26.6. The molecule has 5 rings (SSSR count). The maximum absolute atomic E-state index is 14.7. The topological polar surface area (TPSA) is 144 Å². The van der Waals surface area contributed by atoms with E-state index in [1.54, 1.807) is 34.9 Å². The number of anilines is 1. The van der Waals surface area contributed by atoms with Crippen LogP contribution in [0.5, 0.6) is 11.5 Å². The fourth-order valence-corrected chi connectivity index (χ4v) is 4.22. The van der Waals surface area contributed by atoms with Gasteiger partial charge in [0.15, 0.2) is 5.82 Å². The Kier molecular flexibility index (Phi) is 6.73. The quantitative estimate of drug-likeness (QED) is 0.298. The number of ether oxygens (including phenoxy) is 2. The molecule has 0 aliphatic rings. The molecular formula is C26H22FN7O4. The molecule has 0 aliphatic heterocycles. The van der Waals surface area contributed by atoms with E-state index in [1.807, 2.05) is 13.0 Å². The van der Waals surface area contributed by atoms with Gasteiger partial charge in [-0.2, -0.15) is 5.26 Å². The van der Waals surface area contributed by atoms with E-state index in [4.69, 9.17) is 9.47 Å². The largest absolute Gasteiger partial charge is 0.496 e. The van der Waals surface area contributed by atoms with Crippen molar-refractivity contribution in [1.29, 1.82) is 5.26 Å². The van der Waals surface area contributed by atoms with Gasteiger partial charge in [0, 0.05) is 30.1 Å². The fourth-order valence-electron chi connectivity index (χ4n) is 4.22. The van der Waals surface area contributed by atoms with E-state index < -0.39 is 11.6 Å². The Morgan fingerprint density at radius 3 is 2.79 bits per heavy atom. The molecule has 2 aromatic carbocycles. The van der Waals surface area contributed by atoms with Crippen molar-refractivity contribution in [2.45, 2.75) is 13.5 Å². The van der Waals surface area contributed by atoms with Crippen LogP contribution >= 0.6 is 0 Å². The molecule has 3 aromatic heterocycles. The maximum Gasteiger partial charge on any atom is 0.439 e. The third-order valence-electron chi connectivity index (χ3n) is 5.89. The minimum Gasteiger partial charge on any atom is -0.496 e. The lowest BCUT2D eigenvalue weighted by atomic mass is 10.1.